The molecule has 0 aliphatic rings. The molecule has 5 nitrogen and oxygen atoms in total. The Morgan fingerprint density at radius 2 is 1.81 bits per heavy atom. The molecule has 0 spiro atoms. The van der Waals surface area contributed by atoms with Crippen LogP contribution < -0.4 is 10.6 Å². The zero-order valence-electron chi connectivity index (χ0n) is 14.5. The van der Waals surface area contributed by atoms with Crippen LogP contribution in [0.3, 0.4) is 0 Å². The number of rotatable bonds is 4. The maximum Gasteiger partial charge on any atom is 0.257 e. The van der Waals surface area contributed by atoms with Gasteiger partial charge in [0, 0.05) is 17.4 Å². The van der Waals surface area contributed by atoms with Crippen LogP contribution in [0.5, 0.6) is 0 Å². The summed E-state index contributed by atoms with van der Waals surface area (Å²) in [6.45, 7) is 2.32. The van der Waals surface area contributed by atoms with Crippen LogP contribution in [-0.2, 0) is 6.54 Å². The maximum atomic E-state index is 12.6. The van der Waals surface area contributed by atoms with Gasteiger partial charge in [-0.25, -0.2) is 4.99 Å². The zero-order valence-corrected chi connectivity index (χ0v) is 14.5. The number of hydrogen-bond acceptors (Lipinski definition) is 3. The Hall–Kier alpha value is -3.47. The molecule has 0 aliphatic carbocycles. The molecule has 1 amide bonds. The number of aliphatic imine (C=N–C) groups is 1. The first-order valence-electron chi connectivity index (χ1n) is 8.35. The van der Waals surface area contributed by atoms with Crippen molar-refractivity contribution in [3.05, 3.63) is 95.8 Å². The topological polar surface area (TPSA) is 66.4 Å². The second kappa shape index (κ2) is 8.58. The van der Waals surface area contributed by atoms with E-state index < -0.39 is 0 Å². The second-order valence-electron chi connectivity index (χ2n) is 5.80. The molecular weight excluding hydrogens is 324 g/mol. The Morgan fingerprint density at radius 1 is 1.00 bits per heavy atom. The number of hydrogen-bond donors (Lipinski definition) is 2. The van der Waals surface area contributed by atoms with Crippen molar-refractivity contribution in [2.45, 2.75) is 13.5 Å². The number of anilines is 1. The van der Waals surface area contributed by atoms with Gasteiger partial charge in [-0.1, -0.05) is 42.0 Å². The number of amides is 1. The first kappa shape index (κ1) is 17.4. The quantitative estimate of drug-likeness (QED) is 0.559. The van der Waals surface area contributed by atoms with E-state index in [-0.39, 0.29) is 5.91 Å². The molecule has 3 aromatic rings. The minimum Gasteiger partial charge on any atom is -0.326 e. The molecule has 0 radical (unpaired) electrons. The number of aryl methyl sites for hydroxylation is 1. The summed E-state index contributed by atoms with van der Waals surface area (Å²) in [7, 11) is 0. The molecule has 26 heavy (non-hydrogen) atoms. The van der Waals surface area contributed by atoms with Crippen LogP contribution in [0.1, 0.15) is 21.6 Å². The standard InChI is InChI=1S/C21H20N4O/c1-16-8-7-9-17(14-16)20(26)25-21(24-18-10-3-2-4-11-18)23-15-19-12-5-6-13-22-19/h2-14H,15H2,1H3,(H2,23,24,25,26). The molecule has 130 valence electrons. The molecule has 2 aromatic carbocycles. The van der Waals surface area contributed by atoms with Crippen molar-refractivity contribution in [2.24, 2.45) is 4.99 Å². The highest BCUT2D eigenvalue weighted by atomic mass is 16.1. The highest BCUT2D eigenvalue weighted by molar-refractivity contribution is 6.10. The van der Waals surface area contributed by atoms with Crippen molar-refractivity contribution >= 4 is 17.6 Å². The van der Waals surface area contributed by atoms with Crippen molar-refractivity contribution in [3.8, 4) is 0 Å². The lowest BCUT2D eigenvalue weighted by Crippen LogP contribution is -2.36. The monoisotopic (exact) mass is 344 g/mol. The average molecular weight is 344 g/mol. The number of nitrogens with zero attached hydrogens (tertiary/aromatic N) is 2. The van der Waals surface area contributed by atoms with Crippen LogP contribution in [0, 0.1) is 6.92 Å². The summed E-state index contributed by atoms with van der Waals surface area (Å²) in [6.07, 6.45) is 1.72. The number of aromatic nitrogens is 1. The van der Waals surface area contributed by atoms with Gasteiger partial charge in [-0.3, -0.25) is 15.1 Å². The van der Waals surface area contributed by atoms with E-state index in [1.165, 1.54) is 0 Å². The van der Waals surface area contributed by atoms with E-state index in [4.69, 9.17) is 0 Å². The van der Waals surface area contributed by atoms with Gasteiger partial charge in [0.1, 0.15) is 0 Å². The molecule has 0 fully saturated rings. The van der Waals surface area contributed by atoms with E-state index in [1.807, 2.05) is 73.7 Å². The summed E-state index contributed by atoms with van der Waals surface area (Å²) in [5, 5.41) is 6.01. The average Bonchev–Trinajstić information content (AvgIpc) is 2.68. The van der Waals surface area contributed by atoms with Gasteiger partial charge >= 0.3 is 0 Å². The molecule has 1 heterocycles. The SMILES string of the molecule is Cc1cccc(C(=O)NC(=NCc2ccccn2)Nc2ccccc2)c1. The maximum absolute atomic E-state index is 12.6. The number of guanidine groups is 1. The Bertz CT molecular complexity index is 892. The van der Waals surface area contributed by atoms with Crippen LogP contribution in [0.4, 0.5) is 5.69 Å². The molecule has 5 heteroatoms. The van der Waals surface area contributed by atoms with Gasteiger partial charge < -0.3 is 5.32 Å². The first-order chi connectivity index (χ1) is 12.7. The number of carbonyl (C=O) groups is 1. The number of pyridine rings is 1. The molecule has 0 saturated carbocycles. The van der Waals surface area contributed by atoms with Gasteiger partial charge in [0.05, 0.1) is 12.2 Å². The third-order valence-corrected chi connectivity index (χ3v) is 3.67. The molecule has 0 saturated heterocycles. The smallest absolute Gasteiger partial charge is 0.257 e. The normalized spacial score (nSPS) is 11.0. The molecule has 1 aromatic heterocycles. The van der Waals surface area contributed by atoms with Crippen LogP contribution in [0.2, 0.25) is 0 Å². The zero-order chi connectivity index (χ0) is 18.2. The van der Waals surface area contributed by atoms with E-state index >= 15 is 0 Å². The number of para-hydroxylation sites is 1. The minimum absolute atomic E-state index is 0.211. The van der Waals surface area contributed by atoms with E-state index in [0.717, 1.165) is 16.9 Å². The minimum atomic E-state index is -0.211. The number of benzene rings is 2. The third-order valence-electron chi connectivity index (χ3n) is 3.67. The van der Waals surface area contributed by atoms with E-state index in [2.05, 4.69) is 20.6 Å². The fourth-order valence-electron chi connectivity index (χ4n) is 2.39. The summed E-state index contributed by atoms with van der Waals surface area (Å²) < 4.78 is 0. The lowest BCUT2D eigenvalue weighted by molar-refractivity contribution is 0.0977. The van der Waals surface area contributed by atoms with Gasteiger partial charge in [0.25, 0.3) is 5.91 Å². The summed E-state index contributed by atoms with van der Waals surface area (Å²) in [4.78, 5) is 21.3. The van der Waals surface area contributed by atoms with Crippen LogP contribution in [0.15, 0.2) is 84.0 Å². The van der Waals surface area contributed by atoms with Gasteiger partial charge in [-0.05, 0) is 43.3 Å². The van der Waals surface area contributed by atoms with E-state index in [0.29, 0.717) is 18.1 Å². The van der Waals surface area contributed by atoms with E-state index in [9.17, 15) is 4.79 Å². The Labute approximate surface area is 152 Å². The molecule has 2 N–H and O–H groups in total. The molecule has 0 bridgehead atoms. The van der Waals surface area contributed by atoms with Gasteiger partial charge in [-0.2, -0.15) is 0 Å². The van der Waals surface area contributed by atoms with Crippen molar-refractivity contribution in [1.82, 2.24) is 10.3 Å². The van der Waals surface area contributed by atoms with Crippen LogP contribution in [0.25, 0.3) is 0 Å². The van der Waals surface area contributed by atoms with Crippen LogP contribution >= 0.6 is 0 Å². The Balaban J connectivity index is 1.78. The summed E-state index contributed by atoms with van der Waals surface area (Å²) in [5.41, 5.74) is 3.28. The number of nitrogens with one attached hydrogen (secondary N) is 2. The largest absolute Gasteiger partial charge is 0.326 e. The highest BCUT2D eigenvalue weighted by Crippen LogP contribution is 2.07. The van der Waals surface area contributed by atoms with Crippen molar-refractivity contribution in [2.75, 3.05) is 5.32 Å². The number of carbonyl (C=O) groups excluding carboxylic acids is 1. The summed E-state index contributed by atoms with van der Waals surface area (Å²) in [5.74, 6) is 0.172. The predicted octanol–water partition coefficient (Wildman–Crippen LogP) is 3.79. The molecule has 0 atom stereocenters. The lowest BCUT2D eigenvalue weighted by Gasteiger charge is -2.12. The fraction of sp³-hybridized carbons (Fsp3) is 0.0952. The van der Waals surface area contributed by atoms with Gasteiger partial charge in [-0.15, -0.1) is 0 Å². The third kappa shape index (κ3) is 5.01. The van der Waals surface area contributed by atoms with Gasteiger partial charge in [0.15, 0.2) is 0 Å². The lowest BCUT2D eigenvalue weighted by atomic mass is 10.1. The second-order valence-corrected chi connectivity index (χ2v) is 5.80. The highest BCUT2D eigenvalue weighted by Gasteiger charge is 2.09. The molecule has 0 aliphatic heterocycles. The van der Waals surface area contributed by atoms with Crippen molar-refractivity contribution in [1.29, 1.82) is 0 Å². The molecular formula is C21H20N4O. The van der Waals surface area contributed by atoms with Crippen molar-refractivity contribution < 1.29 is 4.79 Å². The first-order valence-corrected chi connectivity index (χ1v) is 8.35. The molecule has 0 unspecified atom stereocenters. The summed E-state index contributed by atoms with van der Waals surface area (Å²) >= 11 is 0. The Morgan fingerprint density at radius 3 is 2.54 bits per heavy atom. The van der Waals surface area contributed by atoms with E-state index in [1.54, 1.807) is 12.3 Å². The summed E-state index contributed by atoms with van der Waals surface area (Å²) in [6, 6.07) is 22.7. The van der Waals surface area contributed by atoms with Gasteiger partial charge in [0.2, 0.25) is 5.96 Å². The predicted molar refractivity (Wildman–Crippen MR) is 104 cm³/mol. The Kier molecular flexibility index (Phi) is 5.72. The molecule has 3 rings (SSSR count). The van der Waals surface area contributed by atoms with Crippen molar-refractivity contribution in [3.63, 3.8) is 0 Å². The fourth-order valence-corrected chi connectivity index (χ4v) is 2.39. The van der Waals surface area contributed by atoms with Crippen LogP contribution in [-0.4, -0.2) is 16.9 Å².